The number of halogens is 1. The van der Waals surface area contributed by atoms with Crippen molar-refractivity contribution in [2.24, 2.45) is 5.92 Å². The highest BCUT2D eigenvalue weighted by molar-refractivity contribution is 7.09. The molecular weight excluding hydrogens is 409 g/mol. The Hall–Kier alpha value is -2.75. The summed E-state index contributed by atoms with van der Waals surface area (Å²) in [4.78, 5) is 27.5. The van der Waals surface area contributed by atoms with E-state index in [0.717, 1.165) is 22.4 Å². The number of nitrogens with zero attached hydrogens (tertiary/aromatic N) is 3. The van der Waals surface area contributed by atoms with Gasteiger partial charge in [-0.15, -0.1) is 0 Å². The number of anilines is 1. The monoisotopic (exact) mass is 437 g/mol. The van der Waals surface area contributed by atoms with Crippen LogP contribution in [0.15, 0.2) is 24.3 Å². The Kier molecular flexibility index (Phi) is 9.46. The SMILES string of the molecule is CC1CCCCC1.CN(Cc1nsc(NC(=O)NCc2cccc(F)c2)n1)C(=O)O. The lowest BCUT2D eigenvalue weighted by Crippen LogP contribution is -2.28. The molecule has 0 aliphatic heterocycles. The molecule has 3 N–H and O–H groups in total. The fourth-order valence-electron chi connectivity index (χ4n) is 2.93. The first-order chi connectivity index (χ1) is 14.3. The Bertz CT molecular complexity index is 826. The van der Waals surface area contributed by atoms with Gasteiger partial charge in [-0.05, 0) is 23.6 Å². The maximum absolute atomic E-state index is 13.0. The fourth-order valence-corrected chi connectivity index (χ4v) is 3.50. The summed E-state index contributed by atoms with van der Waals surface area (Å²) in [7, 11) is 1.39. The van der Waals surface area contributed by atoms with Crippen molar-refractivity contribution in [3.05, 3.63) is 41.5 Å². The molecule has 2 aromatic rings. The molecule has 0 bridgehead atoms. The molecule has 164 valence electrons. The number of nitrogens with one attached hydrogen (secondary N) is 2. The Morgan fingerprint density at radius 3 is 2.63 bits per heavy atom. The van der Waals surface area contributed by atoms with E-state index in [1.807, 2.05) is 0 Å². The molecule has 8 nitrogen and oxygen atoms in total. The maximum Gasteiger partial charge on any atom is 0.407 e. The van der Waals surface area contributed by atoms with E-state index in [2.05, 4.69) is 26.9 Å². The predicted molar refractivity (Wildman–Crippen MR) is 114 cm³/mol. The molecule has 0 spiro atoms. The highest BCUT2D eigenvalue weighted by atomic mass is 32.1. The van der Waals surface area contributed by atoms with E-state index in [9.17, 15) is 14.0 Å². The topological polar surface area (TPSA) is 107 Å². The summed E-state index contributed by atoms with van der Waals surface area (Å²) in [6.07, 6.45) is 6.34. The highest BCUT2D eigenvalue weighted by Gasteiger charge is 2.12. The van der Waals surface area contributed by atoms with Crippen LogP contribution in [0.4, 0.5) is 19.1 Å². The first kappa shape index (κ1) is 23.5. The lowest BCUT2D eigenvalue weighted by atomic mass is 9.91. The van der Waals surface area contributed by atoms with Gasteiger partial charge < -0.3 is 15.3 Å². The number of carbonyl (C=O) groups excluding carboxylic acids is 1. The van der Waals surface area contributed by atoms with Crippen molar-refractivity contribution < 1.29 is 19.1 Å². The molecule has 1 heterocycles. The first-order valence-corrected chi connectivity index (χ1v) is 10.7. The van der Waals surface area contributed by atoms with E-state index in [0.29, 0.717) is 11.4 Å². The number of carboxylic acid groups (broad SMARTS) is 1. The van der Waals surface area contributed by atoms with E-state index >= 15 is 0 Å². The third-order valence-corrected chi connectivity index (χ3v) is 5.30. The minimum atomic E-state index is -1.10. The summed E-state index contributed by atoms with van der Waals surface area (Å²) in [6, 6.07) is 5.38. The van der Waals surface area contributed by atoms with Crippen LogP contribution in [0.5, 0.6) is 0 Å². The van der Waals surface area contributed by atoms with Crippen molar-refractivity contribution >= 4 is 28.8 Å². The van der Waals surface area contributed by atoms with Crippen LogP contribution >= 0.6 is 11.5 Å². The van der Waals surface area contributed by atoms with Crippen LogP contribution < -0.4 is 10.6 Å². The second-order valence-electron chi connectivity index (χ2n) is 7.34. The van der Waals surface area contributed by atoms with E-state index in [1.165, 1.54) is 51.3 Å². The molecule has 3 amide bonds. The Balaban J connectivity index is 0.000000386. The van der Waals surface area contributed by atoms with Crippen LogP contribution in [-0.2, 0) is 13.1 Å². The average molecular weight is 438 g/mol. The molecule has 0 saturated heterocycles. The molecule has 1 fully saturated rings. The molecule has 3 rings (SSSR count). The van der Waals surface area contributed by atoms with Crippen molar-refractivity contribution in [3.63, 3.8) is 0 Å². The Labute approximate surface area is 179 Å². The molecule has 1 aromatic carbocycles. The molecule has 1 saturated carbocycles. The van der Waals surface area contributed by atoms with Crippen LogP contribution in [0, 0.1) is 11.7 Å². The molecule has 1 aliphatic carbocycles. The van der Waals surface area contributed by atoms with Gasteiger partial charge in [0.05, 0.1) is 6.54 Å². The standard InChI is InChI=1S/C13H14FN5O3S.C7H14/c1-19(13(21)22)7-10-16-12(23-18-10)17-11(20)15-6-8-3-2-4-9(14)5-8;1-7-5-3-2-4-6-7/h2-5H,6-7H2,1H3,(H,21,22)(H2,15,16,17,18,20);7H,2-6H2,1H3. The molecule has 0 atom stereocenters. The number of rotatable bonds is 5. The quantitative estimate of drug-likeness (QED) is 0.629. The van der Waals surface area contributed by atoms with E-state index in [1.54, 1.807) is 12.1 Å². The van der Waals surface area contributed by atoms with Crippen molar-refractivity contribution in [1.82, 2.24) is 19.6 Å². The second-order valence-corrected chi connectivity index (χ2v) is 8.09. The number of hydrogen-bond donors (Lipinski definition) is 3. The lowest BCUT2D eigenvalue weighted by molar-refractivity contribution is 0.153. The highest BCUT2D eigenvalue weighted by Crippen LogP contribution is 2.22. The van der Waals surface area contributed by atoms with Crippen LogP contribution in [0.3, 0.4) is 0 Å². The Morgan fingerprint density at radius 2 is 2.03 bits per heavy atom. The second kappa shape index (κ2) is 12.1. The van der Waals surface area contributed by atoms with Gasteiger partial charge in [0.25, 0.3) is 0 Å². The van der Waals surface area contributed by atoms with Gasteiger partial charge >= 0.3 is 12.1 Å². The number of urea groups is 1. The fraction of sp³-hybridized carbons (Fsp3) is 0.500. The Morgan fingerprint density at radius 1 is 1.30 bits per heavy atom. The van der Waals surface area contributed by atoms with Gasteiger partial charge in [-0.25, -0.2) is 19.0 Å². The summed E-state index contributed by atoms with van der Waals surface area (Å²) in [5, 5.41) is 14.1. The van der Waals surface area contributed by atoms with E-state index < -0.39 is 12.1 Å². The van der Waals surface area contributed by atoms with E-state index in [4.69, 9.17) is 5.11 Å². The van der Waals surface area contributed by atoms with Gasteiger partial charge in [0.15, 0.2) is 5.82 Å². The van der Waals surface area contributed by atoms with Crippen molar-refractivity contribution in [2.75, 3.05) is 12.4 Å². The molecule has 1 aliphatic rings. The number of benzene rings is 1. The van der Waals surface area contributed by atoms with Gasteiger partial charge in [0, 0.05) is 25.1 Å². The number of amides is 3. The predicted octanol–water partition coefficient (Wildman–Crippen LogP) is 4.70. The minimum Gasteiger partial charge on any atom is -0.465 e. The molecule has 0 radical (unpaired) electrons. The molecular formula is C20H28FN5O3S. The minimum absolute atomic E-state index is 0.0262. The average Bonchev–Trinajstić information content (AvgIpc) is 3.14. The normalized spacial score (nSPS) is 13.7. The van der Waals surface area contributed by atoms with Crippen molar-refractivity contribution in [2.45, 2.75) is 52.1 Å². The number of carbonyl (C=O) groups is 2. The van der Waals surface area contributed by atoms with Gasteiger partial charge in [-0.3, -0.25) is 5.32 Å². The summed E-state index contributed by atoms with van der Waals surface area (Å²) in [6.45, 7) is 2.55. The summed E-state index contributed by atoms with van der Waals surface area (Å²) in [5.41, 5.74) is 0.626. The summed E-state index contributed by atoms with van der Waals surface area (Å²) < 4.78 is 17.0. The third kappa shape index (κ3) is 8.73. The van der Waals surface area contributed by atoms with Gasteiger partial charge in [0.2, 0.25) is 5.13 Å². The number of hydrogen-bond acceptors (Lipinski definition) is 5. The summed E-state index contributed by atoms with van der Waals surface area (Å²) in [5.74, 6) is 0.954. The largest absolute Gasteiger partial charge is 0.465 e. The number of aromatic nitrogens is 2. The van der Waals surface area contributed by atoms with Crippen LogP contribution in [0.2, 0.25) is 0 Å². The van der Waals surface area contributed by atoms with Gasteiger partial charge in [-0.2, -0.15) is 4.37 Å². The molecule has 10 heteroatoms. The molecule has 30 heavy (non-hydrogen) atoms. The van der Waals surface area contributed by atoms with Gasteiger partial charge in [0.1, 0.15) is 5.82 Å². The van der Waals surface area contributed by atoms with Crippen molar-refractivity contribution in [3.8, 4) is 0 Å². The molecule has 0 unspecified atom stereocenters. The van der Waals surface area contributed by atoms with E-state index in [-0.39, 0.29) is 24.0 Å². The lowest BCUT2D eigenvalue weighted by Gasteiger charge is -2.15. The van der Waals surface area contributed by atoms with Crippen molar-refractivity contribution in [1.29, 1.82) is 0 Å². The zero-order valence-electron chi connectivity index (χ0n) is 17.2. The zero-order chi connectivity index (χ0) is 21.9. The first-order valence-electron chi connectivity index (χ1n) is 9.89. The maximum atomic E-state index is 13.0. The third-order valence-electron chi connectivity index (χ3n) is 4.63. The summed E-state index contributed by atoms with van der Waals surface area (Å²) >= 11 is 0.943. The zero-order valence-corrected chi connectivity index (χ0v) is 18.0. The molecule has 1 aromatic heterocycles. The van der Waals surface area contributed by atoms with Crippen LogP contribution in [-0.4, -0.2) is 38.5 Å². The van der Waals surface area contributed by atoms with Crippen LogP contribution in [0.25, 0.3) is 0 Å². The van der Waals surface area contributed by atoms with Gasteiger partial charge in [-0.1, -0.05) is 51.2 Å². The van der Waals surface area contributed by atoms with Crippen LogP contribution in [0.1, 0.15) is 50.4 Å². The smallest absolute Gasteiger partial charge is 0.407 e.